The van der Waals surface area contributed by atoms with E-state index >= 15 is 0 Å². The molecule has 0 aliphatic rings. The second-order valence-corrected chi connectivity index (χ2v) is 5.95. The fourth-order valence-corrected chi connectivity index (χ4v) is 2.31. The van der Waals surface area contributed by atoms with Crippen molar-refractivity contribution in [2.24, 2.45) is 0 Å². The quantitative estimate of drug-likeness (QED) is 0.646. The molecule has 0 fully saturated rings. The van der Waals surface area contributed by atoms with Crippen LogP contribution in [-0.2, 0) is 4.79 Å². The molecular weight excluding hydrogens is 222 g/mol. The first kappa shape index (κ1) is 15.8. The van der Waals surface area contributed by atoms with Crippen molar-refractivity contribution in [2.75, 3.05) is 6.54 Å². The van der Waals surface area contributed by atoms with Crippen LogP contribution in [-0.4, -0.2) is 34.2 Å². The first-order chi connectivity index (χ1) is 7.49. The number of thioether (sulfide) groups is 1. The largest absolute Gasteiger partial charge is 0.392 e. The first-order valence-corrected chi connectivity index (χ1v) is 7.04. The molecule has 0 heterocycles. The molecule has 3 unspecified atom stereocenters. The summed E-state index contributed by atoms with van der Waals surface area (Å²) < 4.78 is 0. The summed E-state index contributed by atoms with van der Waals surface area (Å²) in [7, 11) is 0. The van der Waals surface area contributed by atoms with E-state index in [1.54, 1.807) is 6.92 Å². The summed E-state index contributed by atoms with van der Waals surface area (Å²) in [4.78, 5) is 11.7. The predicted molar refractivity (Wildman–Crippen MR) is 70.7 cm³/mol. The van der Waals surface area contributed by atoms with Crippen molar-refractivity contribution in [1.29, 1.82) is 0 Å². The number of carbonyl (C=O) groups excluding carboxylic acids is 1. The van der Waals surface area contributed by atoms with Gasteiger partial charge < -0.3 is 10.4 Å². The Morgan fingerprint density at radius 3 is 2.44 bits per heavy atom. The van der Waals surface area contributed by atoms with E-state index in [2.05, 4.69) is 12.2 Å². The Morgan fingerprint density at radius 1 is 1.31 bits per heavy atom. The van der Waals surface area contributed by atoms with Gasteiger partial charge in [-0.25, -0.2) is 0 Å². The number of unbranched alkanes of at least 4 members (excludes halogenated alkanes) is 2. The Kier molecular flexibility index (Phi) is 8.76. The first-order valence-electron chi connectivity index (χ1n) is 6.10. The van der Waals surface area contributed by atoms with Gasteiger partial charge in [-0.2, -0.15) is 0 Å². The van der Waals surface area contributed by atoms with E-state index in [-0.39, 0.29) is 22.5 Å². The number of amides is 1. The monoisotopic (exact) mass is 247 g/mol. The number of hydrogen-bond acceptors (Lipinski definition) is 3. The Hall–Kier alpha value is -0.220. The van der Waals surface area contributed by atoms with Crippen LogP contribution in [0, 0.1) is 0 Å². The SMILES string of the molecule is CCCCCNC(=O)C(C)SC(C)C(C)O. The van der Waals surface area contributed by atoms with Crippen molar-refractivity contribution < 1.29 is 9.90 Å². The minimum absolute atomic E-state index is 0.0774. The topological polar surface area (TPSA) is 49.3 Å². The van der Waals surface area contributed by atoms with Crippen molar-refractivity contribution in [2.45, 2.75) is 63.6 Å². The number of nitrogens with one attached hydrogen (secondary N) is 1. The van der Waals surface area contributed by atoms with E-state index in [1.807, 2.05) is 13.8 Å². The highest BCUT2D eigenvalue weighted by molar-refractivity contribution is 8.01. The predicted octanol–water partition coefficient (Wildman–Crippen LogP) is 2.18. The molecule has 0 aromatic rings. The van der Waals surface area contributed by atoms with Crippen molar-refractivity contribution >= 4 is 17.7 Å². The molecular formula is C12H25NO2S. The van der Waals surface area contributed by atoms with Crippen LogP contribution in [0.25, 0.3) is 0 Å². The average molecular weight is 247 g/mol. The summed E-state index contributed by atoms with van der Waals surface area (Å²) in [5, 5.41) is 12.3. The number of hydrogen-bond donors (Lipinski definition) is 2. The molecule has 0 aliphatic carbocycles. The van der Waals surface area contributed by atoms with E-state index in [1.165, 1.54) is 18.2 Å². The van der Waals surface area contributed by atoms with Gasteiger partial charge in [-0.05, 0) is 20.3 Å². The summed E-state index contributed by atoms with van der Waals surface area (Å²) >= 11 is 1.52. The minimum Gasteiger partial charge on any atom is -0.392 e. The molecule has 0 aliphatic heterocycles. The van der Waals surface area contributed by atoms with E-state index < -0.39 is 0 Å². The van der Waals surface area contributed by atoms with Crippen LogP contribution in [0.5, 0.6) is 0 Å². The fourth-order valence-electron chi connectivity index (χ4n) is 1.23. The second kappa shape index (κ2) is 8.88. The van der Waals surface area contributed by atoms with Gasteiger partial charge in [0.1, 0.15) is 0 Å². The molecule has 2 N–H and O–H groups in total. The van der Waals surface area contributed by atoms with E-state index in [9.17, 15) is 9.90 Å². The molecule has 0 spiro atoms. The van der Waals surface area contributed by atoms with Gasteiger partial charge in [0, 0.05) is 11.8 Å². The van der Waals surface area contributed by atoms with Gasteiger partial charge in [0.25, 0.3) is 0 Å². The zero-order valence-corrected chi connectivity index (χ0v) is 11.6. The summed E-state index contributed by atoms with van der Waals surface area (Å²) in [5.74, 6) is 0.0774. The smallest absolute Gasteiger partial charge is 0.232 e. The lowest BCUT2D eigenvalue weighted by Crippen LogP contribution is -2.33. The van der Waals surface area contributed by atoms with Gasteiger partial charge in [-0.15, -0.1) is 11.8 Å². The van der Waals surface area contributed by atoms with Crippen molar-refractivity contribution in [3.63, 3.8) is 0 Å². The van der Waals surface area contributed by atoms with Crippen LogP contribution in [0.2, 0.25) is 0 Å². The van der Waals surface area contributed by atoms with Crippen LogP contribution in [0.3, 0.4) is 0 Å². The summed E-state index contributed by atoms with van der Waals surface area (Å²) in [6, 6.07) is 0. The highest BCUT2D eigenvalue weighted by Gasteiger charge is 2.18. The van der Waals surface area contributed by atoms with Crippen molar-refractivity contribution in [3.8, 4) is 0 Å². The lowest BCUT2D eigenvalue weighted by atomic mass is 10.2. The third kappa shape index (κ3) is 7.12. The molecule has 0 bridgehead atoms. The number of carbonyl (C=O) groups is 1. The average Bonchev–Trinajstić information content (AvgIpc) is 2.23. The Morgan fingerprint density at radius 2 is 1.94 bits per heavy atom. The molecule has 1 amide bonds. The van der Waals surface area contributed by atoms with Crippen LogP contribution < -0.4 is 5.32 Å². The third-order valence-electron chi connectivity index (χ3n) is 2.55. The summed E-state index contributed by atoms with van der Waals surface area (Å²) in [6.07, 6.45) is 3.00. The molecule has 16 heavy (non-hydrogen) atoms. The Bertz CT molecular complexity index is 197. The lowest BCUT2D eigenvalue weighted by molar-refractivity contribution is -0.120. The standard InChI is InChI=1S/C12H25NO2S/c1-5-6-7-8-13-12(15)11(4)16-10(3)9(2)14/h9-11,14H,5-8H2,1-4H3,(H,13,15). The molecule has 0 aromatic heterocycles. The van der Waals surface area contributed by atoms with E-state index in [0.717, 1.165) is 19.4 Å². The number of rotatable bonds is 8. The molecule has 0 saturated carbocycles. The number of aliphatic hydroxyl groups excluding tert-OH is 1. The minimum atomic E-state index is -0.375. The van der Waals surface area contributed by atoms with E-state index in [4.69, 9.17) is 0 Å². The van der Waals surface area contributed by atoms with Crippen molar-refractivity contribution in [1.82, 2.24) is 5.32 Å². The maximum absolute atomic E-state index is 11.7. The third-order valence-corrected chi connectivity index (χ3v) is 3.99. The Labute approximate surface area is 103 Å². The van der Waals surface area contributed by atoms with Crippen LogP contribution >= 0.6 is 11.8 Å². The maximum atomic E-state index is 11.7. The van der Waals surface area contributed by atoms with Gasteiger partial charge in [0.2, 0.25) is 5.91 Å². The van der Waals surface area contributed by atoms with E-state index in [0.29, 0.717) is 0 Å². The fraction of sp³-hybridized carbons (Fsp3) is 0.917. The van der Waals surface area contributed by atoms with Gasteiger partial charge in [-0.1, -0.05) is 26.7 Å². The maximum Gasteiger partial charge on any atom is 0.232 e. The molecule has 4 heteroatoms. The van der Waals surface area contributed by atoms with Crippen LogP contribution in [0.15, 0.2) is 0 Å². The van der Waals surface area contributed by atoms with Crippen LogP contribution in [0.1, 0.15) is 47.0 Å². The van der Waals surface area contributed by atoms with Crippen LogP contribution in [0.4, 0.5) is 0 Å². The van der Waals surface area contributed by atoms with Gasteiger partial charge in [-0.3, -0.25) is 4.79 Å². The zero-order chi connectivity index (χ0) is 12.6. The summed E-state index contributed by atoms with van der Waals surface area (Å²) in [6.45, 7) is 8.49. The zero-order valence-electron chi connectivity index (χ0n) is 10.8. The molecule has 3 atom stereocenters. The van der Waals surface area contributed by atoms with Gasteiger partial charge >= 0.3 is 0 Å². The number of aliphatic hydroxyl groups is 1. The Balaban J connectivity index is 3.73. The molecule has 0 aromatic carbocycles. The van der Waals surface area contributed by atoms with Gasteiger partial charge in [0.15, 0.2) is 0 Å². The molecule has 0 saturated heterocycles. The van der Waals surface area contributed by atoms with Gasteiger partial charge in [0.05, 0.1) is 11.4 Å². The highest BCUT2D eigenvalue weighted by atomic mass is 32.2. The highest BCUT2D eigenvalue weighted by Crippen LogP contribution is 2.20. The molecule has 0 rings (SSSR count). The lowest BCUT2D eigenvalue weighted by Gasteiger charge is -2.18. The normalized spacial score (nSPS) is 16.6. The summed E-state index contributed by atoms with van der Waals surface area (Å²) in [5.41, 5.74) is 0. The second-order valence-electron chi connectivity index (χ2n) is 4.22. The molecule has 0 radical (unpaired) electrons. The molecule has 96 valence electrons. The van der Waals surface area contributed by atoms with Crippen molar-refractivity contribution in [3.05, 3.63) is 0 Å². The molecule has 3 nitrogen and oxygen atoms in total.